The van der Waals surface area contributed by atoms with E-state index in [-0.39, 0.29) is 5.56 Å². The van der Waals surface area contributed by atoms with Crippen molar-refractivity contribution in [3.8, 4) is 11.5 Å². The zero-order valence-electron chi connectivity index (χ0n) is 12.9. The molecule has 0 amide bonds. The molecule has 0 fully saturated rings. The van der Waals surface area contributed by atoms with E-state index >= 15 is 0 Å². The van der Waals surface area contributed by atoms with Crippen molar-refractivity contribution < 1.29 is 9.47 Å². The van der Waals surface area contributed by atoms with Crippen LogP contribution in [0.25, 0.3) is 10.2 Å². The Morgan fingerprint density at radius 3 is 2.74 bits per heavy atom. The van der Waals surface area contributed by atoms with E-state index in [2.05, 4.69) is 10.1 Å². The van der Waals surface area contributed by atoms with Crippen molar-refractivity contribution in [2.45, 2.75) is 6.92 Å². The van der Waals surface area contributed by atoms with E-state index in [1.165, 1.54) is 16.0 Å². The number of benzene rings is 1. The van der Waals surface area contributed by atoms with Crippen molar-refractivity contribution >= 4 is 27.8 Å². The molecule has 1 aromatic carbocycles. The quantitative estimate of drug-likeness (QED) is 0.690. The lowest BCUT2D eigenvalue weighted by Gasteiger charge is -2.07. The van der Waals surface area contributed by atoms with Gasteiger partial charge in [-0.2, -0.15) is 9.78 Å². The average molecular weight is 329 g/mol. The molecule has 6 nitrogen and oxygen atoms in total. The van der Waals surface area contributed by atoms with Crippen molar-refractivity contribution in [1.29, 1.82) is 0 Å². The fourth-order valence-corrected chi connectivity index (χ4v) is 3.00. The van der Waals surface area contributed by atoms with E-state index < -0.39 is 0 Å². The van der Waals surface area contributed by atoms with Crippen molar-refractivity contribution in [1.82, 2.24) is 9.66 Å². The molecule has 0 radical (unpaired) electrons. The number of hydrogen-bond donors (Lipinski definition) is 0. The molecule has 0 aliphatic heterocycles. The monoisotopic (exact) mass is 329 g/mol. The Hall–Kier alpha value is -2.67. The molecular formula is C16H15N3O3S. The minimum Gasteiger partial charge on any atom is -0.493 e. The van der Waals surface area contributed by atoms with Gasteiger partial charge in [0.25, 0.3) is 5.56 Å². The van der Waals surface area contributed by atoms with Gasteiger partial charge in [-0.1, -0.05) is 0 Å². The SMILES string of the molecule is COc1ccc(/C=N\n2c(C)nc3sccc3c2=O)cc1OC. The Kier molecular flexibility index (Phi) is 4.12. The van der Waals surface area contributed by atoms with E-state index in [1.807, 2.05) is 11.4 Å². The van der Waals surface area contributed by atoms with Crippen LogP contribution in [0.3, 0.4) is 0 Å². The number of rotatable bonds is 4. The highest BCUT2D eigenvalue weighted by Crippen LogP contribution is 2.26. The molecule has 0 saturated heterocycles. The summed E-state index contributed by atoms with van der Waals surface area (Å²) in [5.41, 5.74) is 0.616. The fraction of sp³-hybridized carbons (Fsp3) is 0.188. The van der Waals surface area contributed by atoms with E-state index in [9.17, 15) is 4.79 Å². The van der Waals surface area contributed by atoms with Gasteiger partial charge >= 0.3 is 0 Å². The molecule has 0 atom stereocenters. The number of ether oxygens (including phenoxy) is 2. The molecule has 3 aromatic rings. The Morgan fingerprint density at radius 2 is 2.00 bits per heavy atom. The second-order valence-corrected chi connectivity index (χ2v) is 5.67. The summed E-state index contributed by atoms with van der Waals surface area (Å²) in [6.45, 7) is 1.76. The van der Waals surface area contributed by atoms with E-state index in [0.29, 0.717) is 22.7 Å². The van der Waals surface area contributed by atoms with Crippen LogP contribution in [0.4, 0.5) is 0 Å². The summed E-state index contributed by atoms with van der Waals surface area (Å²) in [7, 11) is 3.15. The molecule has 0 saturated carbocycles. The number of aromatic nitrogens is 2. The van der Waals surface area contributed by atoms with Crippen LogP contribution in [0.5, 0.6) is 11.5 Å². The third-order valence-electron chi connectivity index (χ3n) is 3.37. The highest BCUT2D eigenvalue weighted by atomic mass is 32.1. The molecule has 0 unspecified atom stereocenters. The Bertz CT molecular complexity index is 943. The van der Waals surface area contributed by atoms with Gasteiger partial charge < -0.3 is 9.47 Å². The molecule has 118 valence electrons. The standard InChI is InChI=1S/C16H15N3O3S/c1-10-18-15-12(6-7-23-15)16(20)19(10)17-9-11-4-5-13(21-2)14(8-11)22-3/h4-9H,1-3H3/b17-9-. The molecule has 2 heterocycles. The average Bonchev–Trinajstić information content (AvgIpc) is 3.02. The molecule has 0 aliphatic carbocycles. The lowest BCUT2D eigenvalue weighted by molar-refractivity contribution is 0.355. The smallest absolute Gasteiger partial charge is 0.282 e. The summed E-state index contributed by atoms with van der Waals surface area (Å²) in [5.74, 6) is 1.79. The van der Waals surface area contributed by atoms with Crippen LogP contribution in [0.2, 0.25) is 0 Å². The zero-order chi connectivity index (χ0) is 16.4. The Labute approximate surface area is 136 Å². The largest absolute Gasteiger partial charge is 0.493 e. The normalized spacial score (nSPS) is 11.3. The zero-order valence-corrected chi connectivity index (χ0v) is 13.8. The highest BCUT2D eigenvalue weighted by molar-refractivity contribution is 7.16. The van der Waals surface area contributed by atoms with Crippen molar-refractivity contribution in [3.63, 3.8) is 0 Å². The summed E-state index contributed by atoms with van der Waals surface area (Å²) >= 11 is 1.44. The van der Waals surface area contributed by atoms with Crippen LogP contribution in [0.1, 0.15) is 11.4 Å². The first kappa shape index (κ1) is 15.2. The first-order valence-electron chi connectivity index (χ1n) is 6.87. The van der Waals surface area contributed by atoms with Gasteiger partial charge in [0, 0.05) is 0 Å². The first-order valence-corrected chi connectivity index (χ1v) is 7.75. The molecule has 0 aliphatic rings. The second-order valence-electron chi connectivity index (χ2n) is 4.77. The summed E-state index contributed by atoms with van der Waals surface area (Å²) in [4.78, 5) is 17.5. The van der Waals surface area contributed by atoms with Crippen molar-refractivity contribution in [2.75, 3.05) is 14.2 Å². The van der Waals surface area contributed by atoms with Crippen LogP contribution in [-0.2, 0) is 0 Å². The number of fused-ring (bicyclic) bond motifs is 1. The summed E-state index contributed by atoms with van der Waals surface area (Å²) in [5, 5.41) is 6.68. The number of nitrogens with zero attached hydrogens (tertiary/aromatic N) is 3. The predicted molar refractivity (Wildman–Crippen MR) is 91.2 cm³/mol. The van der Waals surface area contributed by atoms with Gasteiger partial charge in [0.2, 0.25) is 0 Å². The molecule has 0 bridgehead atoms. The van der Waals surface area contributed by atoms with Gasteiger partial charge in [0.05, 0.1) is 25.8 Å². The maximum Gasteiger partial charge on any atom is 0.282 e. The van der Waals surface area contributed by atoms with Crippen molar-refractivity contribution in [3.05, 3.63) is 51.4 Å². The molecule has 3 rings (SSSR count). The van der Waals surface area contributed by atoms with Crippen LogP contribution < -0.4 is 15.0 Å². The highest BCUT2D eigenvalue weighted by Gasteiger charge is 2.08. The number of hydrogen-bond acceptors (Lipinski definition) is 6. The lowest BCUT2D eigenvalue weighted by Crippen LogP contribution is -2.19. The first-order chi connectivity index (χ1) is 11.1. The molecular weight excluding hydrogens is 314 g/mol. The lowest BCUT2D eigenvalue weighted by atomic mass is 10.2. The van der Waals surface area contributed by atoms with E-state index in [0.717, 1.165) is 10.4 Å². The maximum atomic E-state index is 12.4. The number of aryl methyl sites for hydroxylation is 1. The minimum atomic E-state index is -0.175. The molecule has 0 N–H and O–H groups in total. The van der Waals surface area contributed by atoms with Crippen LogP contribution in [-0.4, -0.2) is 30.1 Å². The number of methoxy groups -OCH3 is 2. The molecule has 23 heavy (non-hydrogen) atoms. The fourth-order valence-electron chi connectivity index (χ4n) is 2.20. The van der Waals surface area contributed by atoms with Gasteiger partial charge in [0.15, 0.2) is 11.5 Å². The Morgan fingerprint density at radius 1 is 1.22 bits per heavy atom. The van der Waals surface area contributed by atoms with E-state index in [4.69, 9.17) is 9.47 Å². The third kappa shape index (κ3) is 2.83. The summed E-state index contributed by atoms with van der Waals surface area (Å²) in [6.07, 6.45) is 1.59. The molecule has 7 heteroatoms. The number of thiophene rings is 1. The Balaban J connectivity index is 2.02. The van der Waals surface area contributed by atoms with Crippen molar-refractivity contribution in [2.24, 2.45) is 5.10 Å². The predicted octanol–water partition coefficient (Wildman–Crippen LogP) is 2.67. The minimum absolute atomic E-state index is 0.175. The van der Waals surface area contributed by atoms with Gasteiger partial charge in [-0.25, -0.2) is 4.98 Å². The summed E-state index contributed by atoms with van der Waals surface area (Å²) in [6, 6.07) is 7.17. The van der Waals surface area contributed by atoms with Gasteiger partial charge in [-0.05, 0) is 42.1 Å². The van der Waals surface area contributed by atoms with Crippen LogP contribution in [0.15, 0.2) is 39.5 Å². The maximum absolute atomic E-state index is 12.4. The topological polar surface area (TPSA) is 65.7 Å². The second kappa shape index (κ2) is 6.21. The summed E-state index contributed by atoms with van der Waals surface area (Å²) < 4.78 is 11.8. The molecule has 0 spiro atoms. The van der Waals surface area contributed by atoms with E-state index in [1.54, 1.807) is 45.6 Å². The van der Waals surface area contributed by atoms with Gasteiger partial charge in [-0.15, -0.1) is 11.3 Å². The van der Waals surface area contributed by atoms with Gasteiger partial charge in [0.1, 0.15) is 10.7 Å². The van der Waals surface area contributed by atoms with Crippen LogP contribution in [0, 0.1) is 6.92 Å². The molecule has 2 aromatic heterocycles. The third-order valence-corrected chi connectivity index (χ3v) is 4.17. The van der Waals surface area contributed by atoms with Crippen LogP contribution >= 0.6 is 11.3 Å². The van der Waals surface area contributed by atoms with Gasteiger partial charge in [-0.3, -0.25) is 4.79 Å².